The number of nitrogens with two attached hydrogens (primary N) is 1. The van der Waals surface area contributed by atoms with Crippen molar-refractivity contribution in [2.75, 3.05) is 0 Å². The van der Waals surface area contributed by atoms with Gasteiger partial charge in [0, 0.05) is 29.8 Å². The molecule has 0 radical (unpaired) electrons. The Labute approximate surface area is 114 Å². The summed E-state index contributed by atoms with van der Waals surface area (Å²) >= 11 is 0. The van der Waals surface area contributed by atoms with E-state index in [-0.39, 0.29) is 11.7 Å². The molecule has 104 valence electrons. The molecule has 2 atom stereocenters. The number of amidine groups is 1. The van der Waals surface area contributed by atoms with Gasteiger partial charge in [-0.1, -0.05) is 19.1 Å². The Bertz CT molecular complexity index is 472. The van der Waals surface area contributed by atoms with Crippen molar-refractivity contribution in [1.29, 1.82) is 5.41 Å². The fourth-order valence-electron chi connectivity index (χ4n) is 2.89. The molecular weight excluding hydrogens is 241 g/mol. The van der Waals surface area contributed by atoms with Crippen LogP contribution in [0.5, 0.6) is 0 Å². The Balaban J connectivity index is 2.17. The molecule has 0 spiro atoms. The number of nitrogens with zero attached hydrogens (tertiary/aromatic N) is 1. The Morgan fingerprint density at radius 2 is 2.21 bits per heavy atom. The highest BCUT2D eigenvalue weighted by Gasteiger charge is 2.29. The summed E-state index contributed by atoms with van der Waals surface area (Å²) in [6.45, 7) is 5.03. The van der Waals surface area contributed by atoms with E-state index in [2.05, 4.69) is 18.7 Å². The smallest absolute Gasteiger partial charge is 0.128 e. The Kier molecular flexibility index (Phi) is 4.20. The Hall–Kier alpha value is -1.42. The van der Waals surface area contributed by atoms with Gasteiger partial charge in [0.05, 0.1) is 0 Å². The minimum Gasteiger partial charge on any atom is -0.384 e. The maximum atomic E-state index is 14.0. The highest BCUT2D eigenvalue weighted by molar-refractivity contribution is 5.94. The molecule has 3 nitrogen and oxygen atoms in total. The van der Waals surface area contributed by atoms with Crippen molar-refractivity contribution in [2.45, 2.75) is 51.7 Å². The van der Waals surface area contributed by atoms with Crippen molar-refractivity contribution in [3.63, 3.8) is 0 Å². The van der Waals surface area contributed by atoms with Crippen molar-refractivity contribution in [3.8, 4) is 0 Å². The van der Waals surface area contributed by atoms with Crippen LogP contribution >= 0.6 is 0 Å². The number of benzene rings is 1. The maximum absolute atomic E-state index is 14.0. The molecule has 1 heterocycles. The highest BCUT2D eigenvalue weighted by atomic mass is 19.1. The van der Waals surface area contributed by atoms with E-state index in [1.807, 2.05) is 0 Å². The molecule has 3 N–H and O–H groups in total. The Morgan fingerprint density at radius 3 is 2.79 bits per heavy atom. The summed E-state index contributed by atoms with van der Waals surface area (Å²) in [6, 6.07) is 5.91. The van der Waals surface area contributed by atoms with Crippen LogP contribution in [0.15, 0.2) is 18.2 Å². The van der Waals surface area contributed by atoms with Gasteiger partial charge in [0.25, 0.3) is 0 Å². The van der Waals surface area contributed by atoms with Gasteiger partial charge in [-0.25, -0.2) is 4.39 Å². The first-order valence-electron chi connectivity index (χ1n) is 6.91. The maximum Gasteiger partial charge on any atom is 0.128 e. The third-order valence-electron chi connectivity index (χ3n) is 4.14. The first kappa shape index (κ1) is 14.0. The predicted octanol–water partition coefficient (Wildman–Crippen LogP) is 2.87. The lowest BCUT2D eigenvalue weighted by Crippen LogP contribution is -2.33. The zero-order valence-corrected chi connectivity index (χ0v) is 11.6. The summed E-state index contributed by atoms with van der Waals surface area (Å²) in [5, 5.41) is 7.32. The molecular formula is C15H22FN3. The van der Waals surface area contributed by atoms with Crippen molar-refractivity contribution in [2.24, 2.45) is 5.73 Å². The van der Waals surface area contributed by atoms with Gasteiger partial charge in [-0.3, -0.25) is 10.3 Å². The van der Waals surface area contributed by atoms with E-state index in [0.29, 0.717) is 29.8 Å². The highest BCUT2D eigenvalue weighted by Crippen LogP contribution is 2.28. The minimum absolute atomic E-state index is 0.0913. The molecule has 0 aliphatic carbocycles. The molecule has 1 aromatic rings. The SMILES string of the molecule is CCC1CCC(C)N1Cc1ccc(C(=N)N)cc1F. The normalized spacial score (nSPS) is 23.7. The molecule has 4 heteroatoms. The number of rotatable bonds is 4. The molecule has 1 fully saturated rings. The number of halogens is 1. The van der Waals surface area contributed by atoms with Gasteiger partial charge in [0.1, 0.15) is 11.7 Å². The van der Waals surface area contributed by atoms with Crippen molar-refractivity contribution in [1.82, 2.24) is 4.90 Å². The van der Waals surface area contributed by atoms with Crippen LogP contribution in [0.25, 0.3) is 0 Å². The monoisotopic (exact) mass is 263 g/mol. The van der Waals surface area contributed by atoms with Crippen LogP contribution in [-0.4, -0.2) is 22.8 Å². The largest absolute Gasteiger partial charge is 0.384 e. The molecule has 2 unspecified atom stereocenters. The van der Waals surface area contributed by atoms with Gasteiger partial charge in [0.2, 0.25) is 0 Å². The second kappa shape index (κ2) is 5.70. The van der Waals surface area contributed by atoms with E-state index in [9.17, 15) is 4.39 Å². The lowest BCUT2D eigenvalue weighted by atomic mass is 10.1. The van der Waals surface area contributed by atoms with Gasteiger partial charge in [-0.15, -0.1) is 0 Å². The summed E-state index contributed by atoms with van der Waals surface area (Å²) in [5.74, 6) is -0.354. The first-order chi connectivity index (χ1) is 9.02. The number of hydrogen-bond acceptors (Lipinski definition) is 2. The fourth-order valence-corrected chi connectivity index (χ4v) is 2.89. The zero-order valence-electron chi connectivity index (χ0n) is 11.6. The third-order valence-corrected chi connectivity index (χ3v) is 4.14. The van der Waals surface area contributed by atoms with Gasteiger partial charge in [-0.2, -0.15) is 0 Å². The molecule has 0 aromatic heterocycles. The van der Waals surface area contributed by atoms with E-state index in [0.717, 1.165) is 6.42 Å². The van der Waals surface area contributed by atoms with Crippen LogP contribution in [-0.2, 0) is 6.54 Å². The van der Waals surface area contributed by atoms with Crippen LogP contribution in [0.3, 0.4) is 0 Å². The predicted molar refractivity (Wildman–Crippen MR) is 75.7 cm³/mol. The average Bonchev–Trinajstić information content (AvgIpc) is 2.72. The molecule has 1 saturated heterocycles. The molecule has 0 amide bonds. The van der Waals surface area contributed by atoms with E-state index < -0.39 is 0 Å². The van der Waals surface area contributed by atoms with E-state index in [1.54, 1.807) is 12.1 Å². The molecule has 2 rings (SSSR count). The second-order valence-electron chi connectivity index (χ2n) is 5.38. The van der Waals surface area contributed by atoms with Crippen LogP contribution in [0, 0.1) is 11.2 Å². The molecule has 1 aromatic carbocycles. The van der Waals surface area contributed by atoms with E-state index in [1.165, 1.54) is 18.9 Å². The number of likely N-dealkylation sites (tertiary alicyclic amines) is 1. The van der Waals surface area contributed by atoms with Crippen LogP contribution in [0.1, 0.15) is 44.2 Å². The van der Waals surface area contributed by atoms with Gasteiger partial charge >= 0.3 is 0 Å². The second-order valence-corrected chi connectivity index (χ2v) is 5.38. The third kappa shape index (κ3) is 2.95. The van der Waals surface area contributed by atoms with Crippen molar-refractivity contribution in [3.05, 3.63) is 35.1 Å². The quantitative estimate of drug-likeness (QED) is 0.648. The van der Waals surface area contributed by atoms with E-state index >= 15 is 0 Å². The molecule has 19 heavy (non-hydrogen) atoms. The van der Waals surface area contributed by atoms with Crippen molar-refractivity contribution < 1.29 is 4.39 Å². The molecule has 0 saturated carbocycles. The summed E-state index contributed by atoms with van der Waals surface area (Å²) < 4.78 is 14.0. The topological polar surface area (TPSA) is 53.1 Å². The summed E-state index contributed by atoms with van der Waals surface area (Å²) in [4.78, 5) is 2.38. The summed E-state index contributed by atoms with van der Waals surface area (Å²) in [5.41, 5.74) is 6.51. The number of nitrogen functional groups attached to an aromatic ring is 1. The van der Waals surface area contributed by atoms with Crippen LogP contribution in [0.2, 0.25) is 0 Å². The van der Waals surface area contributed by atoms with Crippen LogP contribution < -0.4 is 5.73 Å². The van der Waals surface area contributed by atoms with Gasteiger partial charge in [-0.05, 0) is 32.3 Å². The molecule has 1 aliphatic heterocycles. The standard InChI is InChI=1S/C15H22FN3/c1-3-13-7-4-10(2)19(13)9-12-6-5-11(15(17)18)8-14(12)16/h5-6,8,10,13H,3-4,7,9H2,1-2H3,(H3,17,18). The van der Waals surface area contributed by atoms with E-state index in [4.69, 9.17) is 11.1 Å². The van der Waals surface area contributed by atoms with Gasteiger partial charge < -0.3 is 5.73 Å². The number of nitrogens with one attached hydrogen (secondary N) is 1. The first-order valence-corrected chi connectivity index (χ1v) is 6.91. The van der Waals surface area contributed by atoms with Crippen molar-refractivity contribution >= 4 is 5.84 Å². The van der Waals surface area contributed by atoms with Gasteiger partial charge in [0.15, 0.2) is 0 Å². The zero-order chi connectivity index (χ0) is 14.0. The summed E-state index contributed by atoms with van der Waals surface area (Å²) in [7, 11) is 0. The summed E-state index contributed by atoms with van der Waals surface area (Å²) in [6.07, 6.45) is 3.49. The lowest BCUT2D eigenvalue weighted by molar-refractivity contribution is 0.187. The lowest BCUT2D eigenvalue weighted by Gasteiger charge is -2.28. The fraction of sp³-hybridized carbons (Fsp3) is 0.533. The minimum atomic E-state index is -0.262. The number of hydrogen-bond donors (Lipinski definition) is 2. The molecule has 1 aliphatic rings. The van der Waals surface area contributed by atoms with Crippen LogP contribution in [0.4, 0.5) is 4.39 Å². The average molecular weight is 263 g/mol. The Morgan fingerprint density at radius 1 is 1.47 bits per heavy atom. The molecule has 0 bridgehead atoms.